The lowest BCUT2D eigenvalue weighted by molar-refractivity contribution is 0.369. The Hall–Kier alpha value is -2.23. The molecule has 0 aliphatic heterocycles. The minimum Gasteiger partial charge on any atom is -0.339 e. The van der Waals surface area contributed by atoms with Crippen LogP contribution in [0.1, 0.15) is 12.8 Å². The van der Waals surface area contributed by atoms with Gasteiger partial charge in [0.2, 0.25) is 11.7 Å². The predicted octanol–water partition coefficient (Wildman–Crippen LogP) is 0.557. The van der Waals surface area contributed by atoms with Gasteiger partial charge in [0.25, 0.3) is 0 Å². The van der Waals surface area contributed by atoms with Gasteiger partial charge in [0.05, 0.1) is 12.0 Å². The van der Waals surface area contributed by atoms with Gasteiger partial charge >= 0.3 is 0 Å². The molecule has 0 aliphatic rings. The Labute approximate surface area is 85.1 Å². The summed E-state index contributed by atoms with van der Waals surface area (Å²) in [5.41, 5.74) is 0. The van der Waals surface area contributed by atoms with Crippen molar-refractivity contribution >= 4 is 0 Å². The van der Waals surface area contributed by atoms with Crippen molar-refractivity contribution in [1.82, 2.24) is 25.3 Å². The molecule has 1 unspecified atom stereocenters. The Morgan fingerprint density at radius 1 is 1.67 bits per heavy atom. The van der Waals surface area contributed by atoms with E-state index >= 15 is 0 Å². The molecular weight excluding hydrogens is 196 g/mol. The molecule has 0 bridgehead atoms. The number of hydrogen-bond donors (Lipinski definition) is 1. The first-order chi connectivity index (χ1) is 7.29. The minimum atomic E-state index is -0.145. The molecular formula is C8H8N6O. The van der Waals surface area contributed by atoms with Crippen molar-refractivity contribution in [1.29, 1.82) is 5.26 Å². The molecule has 7 heteroatoms. The van der Waals surface area contributed by atoms with Gasteiger partial charge in [0, 0.05) is 6.42 Å². The summed E-state index contributed by atoms with van der Waals surface area (Å²) >= 11 is 0. The van der Waals surface area contributed by atoms with E-state index in [-0.39, 0.29) is 5.92 Å². The van der Waals surface area contributed by atoms with Crippen LogP contribution in [-0.2, 0) is 6.42 Å². The molecule has 1 atom stereocenters. The Morgan fingerprint density at radius 3 is 3.20 bits per heavy atom. The van der Waals surface area contributed by atoms with Crippen LogP contribution in [0.3, 0.4) is 0 Å². The molecule has 0 amide bonds. The lowest BCUT2D eigenvalue weighted by atomic mass is 10.1. The SMILES string of the molecule is CC(C#N)Cc1nc(-c2ncn[nH]2)no1. The topological polar surface area (TPSA) is 104 Å². The number of nitrogens with one attached hydrogen (secondary N) is 1. The third-order valence-electron chi connectivity index (χ3n) is 1.80. The number of nitrogens with zero attached hydrogens (tertiary/aromatic N) is 5. The van der Waals surface area contributed by atoms with Gasteiger partial charge in [-0.1, -0.05) is 5.16 Å². The molecule has 0 aromatic carbocycles. The summed E-state index contributed by atoms with van der Waals surface area (Å²) in [7, 11) is 0. The van der Waals surface area contributed by atoms with Crippen LogP contribution in [0.15, 0.2) is 10.9 Å². The van der Waals surface area contributed by atoms with E-state index in [0.29, 0.717) is 24.0 Å². The van der Waals surface area contributed by atoms with Gasteiger partial charge in [0.1, 0.15) is 6.33 Å². The number of aromatic nitrogens is 5. The van der Waals surface area contributed by atoms with Crippen LogP contribution < -0.4 is 0 Å². The first kappa shape index (κ1) is 9.33. The number of H-pyrrole nitrogens is 1. The highest BCUT2D eigenvalue weighted by atomic mass is 16.5. The smallest absolute Gasteiger partial charge is 0.239 e. The first-order valence-corrected chi connectivity index (χ1v) is 4.37. The molecule has 76 valence electrons. The molecule has 7 nitrogen and oxygen atoms in total. The second-order valence-corrected chi connectivity index (χ2v) is 3.08. The molecule has 0 spiro atoms. The molecule has 0 fully saturated rings. The molecule has 0 aliphatic carbocycles. The van der Waals surface area contributed by atoms with Crippen molar-refractivity contribution in [2.24, 2.45) is 5.92 Å². The van der Waals surface area contributed by atoms with E-state index in [1.807, 2.05) is 0 Å². The van der Waals surface area contributed by atoms with Crippen LogP contribution in [0.4, 0.5) is 0 Å². The first-order valence-electron chi connectivity index (χ1n) is 4.37. The standard InChI is InChI=1S/C8H8N6O/c1-5(3-9)2-6-12-8(14-15-6)7-10-4-11-13-7/h4-5H,2H2,1H3,(H,10,11,13). The quantitative estimate of drug-likeness (QED) is 0.783. The maximum atomic E-state index is 8.62. The van der Waals surface area contributed by atoms with Crippen molar-refractivity contribution in [2.75, 3.05) is 0 Å². The molecule has 2 heterocycles. The van der Waals surface area contributed by atoms with Crippen molar-refractivity contribution in [3.63, 3.8) is 0 Å². The summed E-state index contributed by atoms with van der Waals surface area (Å²) in [5, 5.41) is 18.6. The minimum absolute atomic E-state index is 0.145. The summed E-state index contributed by atoms with van der Waals surface area (Å²) in [5.74, 6) is 1.09. The van der Waals surface area contributed by atoms with Gasteiger partial charge in [-0.05, 0) is 6.92 Å². The van der Waals surface area contributed by atoms with Crippen molar-refractivity contribution in [3.8, 4) is 17.7 Å². The highest BCUT2D eigenvalue weighted by Gasteiger charge is 2.12. The zero-order chi connectivity index (χ0) is 10.7. The van der Waals surface area contributed by atoms with E-state index in [2.05, 4.69) is 31.4 Å². The largest absolute Gasteiger partial charge is 0.339 e. The summed E-state index contributed by atoms with van der Waals surface area (Å²) in [6.07, 6.45) is 1.81. The van der Waals surface area contributed by atoms with Gasteiger partial charge in [-0.25, -0.2) is 4.98 Å². The van der Waals surface area contributed by atoms with Gasteiger partial charge in [-0.3, -0.25) is 5.10 Å². The molecule has 2 aromatic heterocycles. The number of hydrogen-bond acceptors (Lipinski definition) is 6. The molecule has 0 saturated carbocycles. The normalized spacial score (nSPS) is 12.3. The lowest BCUT2D eigenvalue weighted by Gasteiger charge is -1.92. The van der Waals surface area contributed by atoms with Crippen LogP contribution in [-0.4, -0.2) is 25.3 Å². The van der Waals surface area contributed by atoms with E-state index in [1.54, 1.807) is 6.92 Å². The zero-order valence-corrected chi connectivity index (χ0v) is 8.01. The molecule has 0 radical (unpaired) electrons. The second kappa shape index (κ2) is 3.88. The summed E-state index contributed by atoms with van der Waals surface area (Å²) < 4.78 is 4.96. The highest BCUT2D eigenvalue weighted by Crippen LogP contribution is 2.11. The van der Waals surface area contributed by atoms with Gasteiger partial charge in [0.15, 0.2) is 5.82 Å². The van der Waals surface area contributed by atoms with E-state index in [4.69, 9.17) is 9.78 Å². The molecule has 1 N–H and O–H groups in total. The maximum Gasteiger partial charge on any atom is 0.239 e. The van der Waals surface area contributed by atoms with Crippen molar-refractivity contribution < 1.29 is 4.52 Å². The van der Waals surface area contributed by atoms with Crippen LogP contribution >= 0.6 is 0 Å². The van der Waals surface area contributed by atoms with E-state index in [9.17, 15) is 0 Å². The van der Waals surface area contributed by atoms with Crippen LogP contribution in [0, 0.1) is 17.2 Å². The Bertz CT molecular complexity index is 468. The van der Waals surface area contributed by atoms with Crippen LogP contribution in [0.25, 0.3) is 11.6 Å². The van der Waals surface area contributed by atoms with Crippen LogP contribution in [0.5, 0.6) is 0 Å². The average molecular weight is 204 g/mol. The molecule has 2 rings (SSSR count). The zero-order valence-electron chi connectivity index (χ0n) is 8.01. The van der Waals surface area contributed by atoms with E-state index < -0.39 is 0 Å². The Morgan fingerprint density at radius 2 is 2.53 bits per heavy atom. The monoisotopic (exact) mass is 204 g/mol. The van der Waals surface area contributed by atoms with Crippen molar-refractivity contribution in [2.45, 2.75) is 13.3 Å². The van der Waals surface area contributed by atoms with Gasteiger partial charge < -0.3 is 4.52 Å². The fourth-order valence-electron chi connectivity index (χ4n) is 1.05. The molecule has 2 aromatic rings. The maximum absolute atomic E-state index is 8.62. The fraction of sp³-hybridized carbons (Fsp3) is 0.375. The van der Waals surface area contributed by atoms with Crippen molar-refractivity contribution in [3.05, 3.63) is 12.2 Å². The van der Waals surface area contributed by atoms with Gasteiger partial charge in [-0.15, -0.1) is 0 Å². The number of rotatable bonds is 3. The van der Waals surface area contributed by atoms with E-state index in [1.165, 1.54) is 6.33 Å². The summed E-state index contributed by atoms with van der Waals surface area (Å²) in [4.78, 5) is 7.96. The van der Waals surface area contributed by atoms with E-state index in [0.717, 1.165) is 0 Å². The summed E-state index contributed by atoms with van der Waals surface area (Å²) in [6.45, 7) is 1.79. The lowest BCUT2D eigenvalue weighted by Crippen LogP contribution is -1.96. The highest BCUT2D eigenvalue weighted by molar-refractivity contribution is 5.39. The Balaban J connectivity index is 2.15. The second-order valence-electron chi connectivity index (χ2n) is 3.08. The molecule has 15 heavy (non-hydrogen) atoms. The average Bonchev–Trinajstić information content (AvgIpc) is 2.85. The van der Waals surface area contributed by atoms with Crippen LogP contribution in [0.2, 0.25) is 0 Å². The number of aromatic amines is 1. The number of nitriles is 1. The third kappa shape index (κ3) is 1.99. The molecule has 0 saturated heterocycles. The third-order valence-corrected chi connectivity index (χ3v) is 1.80. The Kier molecular flexibility index (Phi) is 2.41. The fourth-order valence-corrected chi connectivity index (χ4v) is 1.05. The predicted molar refractivity (Wildman–Crippen MR) is 48.2 cm³/mol. The summed E-state index contributed by atoms with van der Waals surface area (Å²) in [6, 6.07) is 2.09. The van der Waals surface area contributed by atoms with Gasteiger partial charge in [-0.2, -0.15) is 15.3 Å².